The van der Waals surface area contributed by atoms with Crippen LogP contribution in [0.5, 0.6) is 5.75 Å². The van der Waals surface area contributed by atoms with Gasteiger partial charge in [-0.2, -0.15) is 5.10 Å². The molecule has 1 amide bonds. The summed E-state index contributed by atoms with van der Waals surface area (Å²) in [7, 11) is 0. The Labute approximate surface area is 161 Å². The molecule has 0 radical (unpaired) electrons. The Morgan fingerprint density at radius 1 is 1.22 bits per heavy atom. The first-order chi connectivity index (χ1) is 13.1. The van der Waals surface area contributed by atoms with Gasteiger partial charge in [-0.3, -0.25) is 9.48 Å². The molecule has 27 heavy (non-hydrogen) atoms. The van der Waals surface area contributed by atoms with Crippen molar-refractivity contribution in [2.45, 2.75) is 46.2 Å². The van der Waals surface area contributed by atoms with E-state index < -0.39 is 0 Å². The van der Waals surface area contributed by atoms with E-state index in [9.17, 15) is 4.79 Å². The van der Waals surface area contributed by atoms with Gasteiger partial charge in [-0.25, -0.2) is 0 Å². The summed E-state index contributed by atoms with van der Waals surface area (Å²) in [6.45, 7) is 8.49. The van der Waals surface area contributed by atoms with Gasteiger partial charge in [0.1, 0.15) is 5.75 Å². The highest BCUT2D eigenvalue weighted by molar-refractivity contribution is 5.78. The van der Waals surface area contributed by atoms with Crippen LogP contribution in [0.4, 0.5) is 0 Å². The Balaban J connectivity index is 1.42. The number of ether oxygens (including phenoxy) is 1. The van der Waals surface area contributed by atoms with E-state index in [1.54, 1.807) is 0 Å². The van der Waals surface area contributed by atoms with Gasteiger partial charge in [0.25, 0.3) is 5.91 Å². The minimum Gasteiger partial charge on any atom is -0.483 e. The Morgan fingerprint density at radius 2 is 2.00 bits per heavy atom. The lowest BCUT2D eigenvalue weighted by Gasteiger charge is -2.17. The molecule has 0 atom stereocenters. The van der Waals surface area contributed by atoms with E-state index in [4.69, 9.17) is 4.74 Å². The number of hydrogen-bond acceptors (Lipinski definition) is 4. The molecule has 6 heteroatoms. The summed E-state index contributed by atoms with van der Waals surface area (Å²) in [5, 5.41) is 7.95. The molecule has 1 saturated heterocycles. The summed E-state index contributed by atoms with van der Waals surface area (Å²) in [6.07, 6.45) is 3.21. The smallest absolute Gasteiger partial charge is 0.260 e. The minimum absolute atomic E-state index is 0.0835. The van der Waals surface area contributed by atoms with Crippen LogP contribution in [0.2, 0.25) is 0 Å². The number of carbonyl (C=O) groups excluding carboxylic acids is 1. The number of aromatic nitrogens is 2. The van der Waals surface area contributed by atoms with E-state index >= 15 is 0 Å². The zero-order valence-corrected chi connectivity index (χ0v) is 16.4. The maximum atomic E-state index is 12.2. The third kappa shape index (κ3) is 5.57. The maximum Gasteiger partial charge on any atom is 0.260 e. The molecular formula is C21H30N4O2. The molecule has 0 bridgehead atoms. The summed E-state index contributed by atoms with van der Waals surface area (Å²) in [5.41, 5.74) is 3.35. The number of nitrogens with one attached hydrogen (secondary N) is 1. The van der Waals surface area contributed by atoms with E-state index in [1.807, 2.05) is 36.1 Å². The quantitative estimate of drug-likeness (QED) is 0.690. The van der Waals surface area contributed by atoms with Crippen LogP contribution in [0.25, 0.3) is 0 Å². The van der Waals surface area contributed by atoms with Crippen molar-refractivity contribution in [3.8, 4) is 5.75 Å². The molecule has 6 nitrogen and oxygen atoms in total. The molecule has 1 aromatic heterocycles. The molecule has 0 saturated carbocycles. The van der Waals surface area contributed by atoms with Gasteiger partial charge in [-0.1, -0.05) is 18.2 Å². The summed E-state index contributed by atoms with van der Waals surface area (Å²) in [6, 6.07) is 10.0. The van der Waals surface area contributed by atoms with E-state index in [0.29, 0.717) is 0 Å². The summed E-state index contributed by atoms with van der Waals surface area (Å²) in [5.74, 6) is 0.872. The molecule has 146 valence electrons. The van der Waals surface area contributed by atoms with Crippen molar-refractivity contribution in [2.75, 3.05) is 26.2 Å². The van der Waals surface area contributed by atoms with Crippen LogP contribution in [0, 0.1) is 13.8 Å². The molecule has 0 unspecified atom stereocenters. The van der Waals surface area contributed by atoms with Gasteiger partial charge in [-0.05, 0) is 51.8 Å². The van der Waals surface area contributed by atoms with Gasteiger partial charge in [0, 0.05) is 37.4 Å². The number of likely N-dealkylation sites (tertiary alicyclic amines) is 1. The number of amides is 1. The molecule has 0 spiro atoms. The predicted octanol–water partition coefficient (Wildman–Crippen LogP) is 2.68. The van der Waals surface area contributed by atoms with Crippen LogP contribution in [-0.2, 0) is 17.9 Å². The Kier molecular flexibility index (Phi) is 6.87. The largest absolute Gasteiger partial charge is 0.483 e. The fraction of sp³-hybridized carbons (Fsp3) is 0.524. The first-order valence-corrected chi connectivity index (χ1v) is 9.84. The van der Waals surface area contributed by atoms with Crippen molar-refractivity contribution in [3.63, 3.8) is 0 Å². The number of aryl methyl sites for hydroxylation is 3. The van der Waals surface area contributed by atoms with Crippen LogP contribution in [-0.4, -0.2) is 46.8 Å². The van der Waals surface area contributed by atoms with E-state index in [2.05, 4.69) is 28.1 Å². The Morgan fingerprint density at radius 3 is 2.74 bits per heavy atom. The van der Waals surface area contributed by atoms with Crippen molar-refractivity contribution in [1.29, 1.82) is 0 Å². The molecule has 2 aromatic rings. The van der Waals surface area contributed by atoms with Crippen molar-refractivity contribution in [2.24, 2.45) is 0 Å². The third-order valence-corrected chi connectivity index (χ3v) is 4.92. The first-order valence-electron chi connectivity index (χ1n) is 9.84. The third-order valence-electron chi connectivity index (χ3n) is 4.92. The lowest BCUT2D eigenvalue weighted by atomic mass is 10.2. The first kappa shape index (κ1) is 19.4. The highest BCUT2D eigenvalue weighted by Crippen LogP contribution is 2.18. The lowest BCUT2D eigenvalue weighted by Crippen LogP contribution is -2.32. The minimum atomic E-state index is 0.0835. The SMILES string of the molecule is Cc1cc(C)n(CCCNCc2ccccc2OCC(=O)N2CCCC2)n1. The number of para-hydroxylation sites is 1. The van der Waals surface area contributed by atoms with Crippen molar-refractivity contribution < 1.29 is 9.53 Å². The van der Waals surface area contributed by atoms with E-state index in [0.717, 1.165) is 69.0 Å². The van der Waals surface area contributed by atoms with Gasteiger partial charge in [0.15, 0.2) is 6.61 Å². The van der Waals surface area contributed by atoms with Gasteiger partial charge in [0.05, 0.1) is 5.69 Å². The molecule has 1 aromatic carbocycles. The average Bonchev–Trinajstić information content (AvgIpc) is 3.30. The average molecular weight is 370 g/mol. The number of nitrogens with zero attached hydrogens (tertiary/aromatic N) is 3. The van der Waals surface area contributed by atoms with Gasteiger partial charge < -0.3 is 15.0 Å². The molecule has 1 aliphatic heterocycles. The topological polar surface area (TPSA) is 59.4 Å². The monoisotopic (exact) mass is 370 g/mol. The van der Waals surface area contributed by atoms with Crippen LogP contribution >= 0.6 is 0 Å². The second kappa shape index (κ2) is 9.55. The highest BCUT2D eigenvalue weighted by Gasteiger charge is 2.18. The predicted molar refractivity (Wildman–Crippen MR) is 106 cm³/mol. The zero-order chi connectivity index (χ0) is 19.1. The standard InChI is InChI=1S/C21H30N4O2/c1-17-14-18(2)25(23-17)13-7-10-22-15-19-8-3-4-9-20(19)27-16-21(26)24-11-5-6-12-24/h3-4,8-9,14,22H,5-7,10-13,15-16H2,1-2H3. The van der Waals surface area contributed by atoms with Crippen molar-refractivity contribution in [3.05, 3.63) is 47.3 Å². The second-order valence-electron chi connectivity index (χ2n) is 7.16. The lowest BCUT2D eigenvalue weighted by molar-refractivity contribution is -0.132. The normalized spacial score (nSPS) is 13.9. The van der Waals surface area contributed by atoms with Crippen molar-refractivity contribution in [1.82, 2.24) is 20.0 Å². The number of rotatable bonds is 9. The van der Waals surface area contributed by atoms with Crippen LogP contribution in [0.15, 0.2) is 30.3 Å². The molecule has 1 aliphatic rings. The van der Waals surface area contributed by atoms with Crippen LogP contribution < -0.4 is 10.1 Å². The number of benzene rings is 1. The van der Waals surface area contributed by atoms with Gasteiger partial charge in [-0.15, -0.1) is 0 Å². The summed E-state index contributed by atoms with van der Waals surface area (Å²) >= 11 is 0. The Hall–Kier alpha value is -2.34. The van der Waals surface area contributed by atoms with Gasteiger partial charge >= 0.3 is 0 Å². The highest BCUT2D eigenvalue weighted by atomic mass is 16.5. The number of carbonyl (C=O) groups is 1. The molecule has 1 fully saturated rings. The second-order valence-corrected chi connectivity index (χ2v) is 7.16. The fourth-order valence-electron chi connectivity index (χ4n) is 3.47. The molecule has 0 aliphatic carbocycles. The maximum absolute atomic E-state index is 12.2. The van der Waals surface area contributed by atoms with Gasteiger partial charge in [0.2, 0.25) is 0 Å². The Bertz CT molecular complexity index is 750. The molecule has 1 N–H and O–H groups in total. The van der Waals surface area contributed by atoms with Crippen LogP contribution in [0.1, 0.15) is 36.2 Å². The number of hydrogen-bond donors (Lipinski definition) is 1. The molecule has 2 heterocycles. The zero-order valence-electron chi connectivity index (χ0n) is 16.4. The fourth-order valence-corrected chi connectivity index (χ4v) is 3.47. The van der Waals surface area contributed by atoms with Crippen molar-refractivity contribution >= 4 is 5.91 Å². The van der Waals surface area contributed by atoms with Crippen LogP contribution in [0.3, 0.4) is 0 Å². The summed E-state index contributed by atoms with van der Waals surface area (Å²) in [4.78, 5) is 14.1. The molecular weight excluding hydrogens is 340 g/mol. The molecule has 3 rings (SSSR count). The van der Waals surface area contributed by atoms with E-state index in [1.165, 1.54) is 5.69 Å². The van der Waals surface area contributed by atoms with E-state index in [-0.39, 0.29) is 12.5 Å². The summed E-state index contributed by atoms with van der Waals surface area (Å²) < 4.78 is 7.86.